The number of thiazole rings is 1. The summed E-state index contributed by atoms with van der Waals surface area (Å²) in [6.45, 7) is 8.45. The third-order valence-electron chi connectivity index (χ3n) is 6.28. The van der Waals surface area contributed by atoms with Crippen molar-refractivity contribution in [3.63, 3.8) is 0 Å². The molecule has 1 aliphatic heterocycles. The molecule has 0 radical (unpaired) electrons. The van der Waals surface area contributed by atoms with Gasteiger partial charge in [-0.25, -0.2) is 4.98 Å². The number of hydrogen-bond donors (Lipinski definition) is 1. The molecule has 1 N–H and O–H groups in total. The molecule has 0 saturated carbocycles. The van der Waals surface area contributed by atoms with E-state index in [2.05, 4.69) is 26.9 Å². The second kappa shape index (κ2) is 10.6. The molecule has 2 aromatic heterocycles. The van der Waals surface area contributed by atoms with E-state index in [1.54, 1.807) is 11.3 Å². The van der Waals surface area contributed by atoms with Crippen molar-refractivity contribution in [2.24, 2.45) is 0 Å². The van der Waals surface area contributed by atoms with Crippen LogP contribution in [0.25, 0.3) is 21.5 Å². The summed E-state index contributed by atoms with van der Waals surface area (Å²) in [4.78, 5) is 9.20. The monoisotopic (exact) mass is 512 g/mol. The molecule has 1 saturated heterocycles. The van der Waals surface area contributed by atoms with E-state index in [0.29, 0.717) is 17.6 Å². The van der Waals surface area contributed by atoms with Crippen LogP contribution in [0.5, 0.6) is 5.75 Å². The van der Waals surface area contributed by atoms with Gasteiger partial charge in [-0.1, -0.05) is 16.8 Å². The zero-order valence-corrected chi connectivity index (χ0v) is 21.4. The molecule has 5 rings (SSSR count). The van der Waals surface area contributed by atoms with E-state index in [1.165, 1.54) is 0 Å². The van der Waals surface area contributed by atoms with E-state index < -0.39 is 6.10 Å². The van der Waals surface area contributed by atoms with Crippen molar-refractivity contribution in [1.29, 1.82) is 0 Å². The van der Waals surface area contributed by atoms with E-state index in [-0.39, 0.29) is 6.61 Å². The van der Waals surface area contributed by atoms with Crippen LogP contribution in [0.2, 0.25) is 5.02 Å². The van der Waals surface area contributed by atoms with E-state index in [4.69, 9.17) is 20.9 Å². The van der Waals surface area contributed by atoms with Crippen LogP contribution in [0.15, 0.2) is 53.1 Å². The SMILES string of the molecule is Cc1nc2cc(OC[C@@H](O)CN3CCN(Cc4cc(-c5ccc(Cl)cc5)on4)[C@@H](C)C3)ccc2s1. The summed E-state index contributed by atoms with van der Waals surface area (Å²) in [5.74, 6) is 1.49. The van der Waals surface area contributed by atoms with E-state index >= 15 is 0 Å². The van der Waals surface area contributed by atoms with Crippen molar-refractivity contribution in [2.45, 2.75) is 32.5 Å². The Kier molecular flexibility index (Phi) is 7.36. The summed E-state index contributed by atoms with van der Waals surface area (Å²) in [5.41, 5.74) is 2.82. The average molecular weight is 513 g/mol. The molecule has 9 heteroatoms. The number of β-amino-alcohol motifs (C(OH)–C–C–N with tert-alkyl or cyclic N) is 1. The molecule has 4 aromatic rings. The van der Waals surface area contributed by atoms with Crippen molar-refractivity contribution in [1.82, 2.24) is 19.9 Å². The average Bonchev–Trinajstić information content (AvgIpc) is 3.45. The summed E-state index contributed by atoms with van der Waals surface area (Å²) in [7, 11) is 0. The maximum absolute atomic E-state index is 10.6. The first-order chi connectivity index (χ1) is 16.9. The Hall–Kier alpha value is -2.49. The first kappa shape index (κ1) is 24.2. The predicted molar refractivity (Wildman–Crippen MR) is 139 cm³/mol. The Morgan fingerprint density at radius 2 is 2.03 bits per heavy atom. The number of piperazine rings is 1. The van der Waals surface area contributed by atoms with Gasteiger partial charge in [0, 0.05) is 61.5 Å². The lowest BCUT2D eigenvalue weighted by atomic mass is 10.1. The lowest BCUT2D eigenvalue weighted by Crippen LogP contribution is -2.53. The Morgan fingerprint density at radius 1 is 1.20 bits per heavy atom. The van der Waals surface area contributed by atoms with Crippen LogP contribution in [0.1, 0.15) is 17.6 Å². The second-order valence-electron chi connectivity index (χ2n) is 9.10. The Balaban J connectivity index is 1.09. The first-order valence-electron chi connectivity index (χ1n) is 11.8. The molecule has 184 valence electrons. The molecular formula is C26H29ClN4O3S. The van der Waals surface area contributed by atoms with Gasteiger partial charge >= 0.3 is 0 Å². The Bertz CT molecular complexity index is 1280. The standard InChI is InChI=1S/C26H29ClN4O3S/c1-17-13-30(15-22(32)16-33-23-7-8-26-24(12-23)28-18(2)35-26)9-10-31(17)14-21-11-25(34-29-21)19-3-5-20(27)6-4-19/h3-8,11-12,17,22,32H,9-10,13-16H2,1-2H3/t17-,22-/m0/s1. The fourth-order valence-electron chi connectivity index (χ4n) is 4.47. The molecule has 0 unspecified atom stereocenters. The molecule has 1 fully saturated rings. The molecule has 0 aliphatic carbocycles. The van der Waals surface area contributed by atoms with Crippen molar-refractivity contribution in [3.8, 4) is 17.1 Å². The summed E-state index contributed by atoms with van der Waals surface area (Å²) in [6, 6.07) is 15.8. The molecule has 3 heterocycles. The van der Waals surface area contributed by atoms with E-state index in [9.17, 15) is 5.11 Å². The van der Waals surface area contributed by atoms with Crippen molar-refractivity contribution in [3.05, 3.63) is 64.3 Å². The minimum absolute atomic E-state index is 0.260. The van der Waals surface area contributed by atoms with Crippen LogP contribution in [0.3, 0.4) is 0 Å². The van der Waals surface area contributed by atoms with Gasteiger partial charge in [0.05, 0.1) is 20.9 Å². The minimum atomic E-state index is -0.556. The number of aryl methyl sites for hydroxylation is 1. The Labute approximate surface area is 213 Å². The molecule has 2 atom stereocenters. The normalized spacial score (nSPS) is 18.2. The van der Waals surface area contributed by atoms with Crippen LogP contribution in [0.4, 0.5) is 0 Å². The van der Waals surface area contributed by atoms with Crippen molar-refractivity contribution >= 4 is 33.2 Å². The van der Waals surface area contributed by atoms with Crippen molar-refractivity contribution in [2.75, 3.05) is 32.8 Å². The van der Waals surface area contributed by atoms with Crippen LogP contribution < -0.4 is 4.74 Å². The number of fused-ring (bicyclic) bond motifs is 1. The van der Waals surface area contributed by atoms with Crippen LogP contribution in [-0.4, -0.2) is 70.0 Å². The molecule has 0 spiro atoms. The van der Waals surface area contributed by atoms with Crippen molar-refractivity contribution < 1.29 is 14.4 Å². The van der Waals surface area contributed by atoms with Crippen LogP contribution in [0, 0.1) is 6.92 Å². The van der Waals surface area contributed by atoms with Gasteiger partial charge in [0.1, 0.15) is 18.5 Å². The Morgan fingerprint density at radius 3 is 2.83 bits per heavy atom. The number of rotatable bonds is 8. The summed E-state index contributed by atoms with van der Waals surface area (Å²) in [5, 5.41) is 16.6. The fraction of sp³-hybridized carbons (Fsp3) is 0.385. The highest BCUT2D eigenvalue weighted by Gasteiger charge is 2.26. The van der Waals surface area contributed by atoms with Gasteiger partial charge in [0.15, 0.2) is 5.76 Å². The van der Waals surface area contributed by atoms with Gasteiger partial charge in [0.25, 0.3) is 0 Å². The molecule has 2 aromatic carbocycles. The predicted octanol–water partition coefficient (Wildman–Crippen LogP) is 4.86. The maximum Gasteiger partial charge on any atom is 0.167 e. The second-order valence-corrected chi connectivity index (χ2v) is 10.8. The summed E-state index contributed by atoms with van der Waals surface area (Å²) >= 11 is 7.65. The number of nitrogens with zero attached hydrogens (tertiary/aromatic N) is 4. The lowest BCUT2D eigenvalue weighted by Gasteiger charge is -2.40. The third kappa shape index (κ3) is 6.02. The molecular weight excluding hydrogens is 484 g/mol. The summed E-state index contributed by atoms with van der Waals surface area (Å²) < 4.78 is 12.5. The molecule has 7 nitrogen and oxygen atoms in total. The third-order valence-corrected chi connectivity index (χ3v) is 7.48. The van der Waals surface area contributed by atoms with Gasteiger partial charge in [-0.3, -0.25) is 9.80 Å². The number of aliphatic hydroxyl groups is 1. The highest BCUT2D eigenvalue weighted by atomic mass is 35.5. The van der Waals surface area contributed by atoms with Crippen LogP contribution >= 0.6 is 22.9 Å². The molecule has 35 heavy (non-hydrogen) atoms. The lowest BCUT2D eigenvalue weighted by molar-refractivity contribution is 0.0250. The zero-order valence-electron chi connectivity index (χ0n) is 19.9. The van der Waals surface area contributed by atoms with E-state index in [1.807, 2.05) is 55.5 Å². The zero-order chi connectivity index (χ0) is 24.4. The van der Waals surface area contributed by atoms with Gasteiger partial charge < -0.3 is 14.4 Å². The summed E-state index contributed by atoms with van der Waals surface area (Å²) in [6.07, 6.45) is -0.556. The topological polar surface area (TPSA) is 74.9 Å². The molecule has 0 bridgehead atoms. The number of hydrogen-bond acceptors (Lipinski definition) is 8. The first-order valence-corrected chi connectivity index (χ1v) is 13.0. The van der Waals surface area contributed by atoms with Gasteiger partial charge in [-0.15, -0.1) is 11.3 Å². The largest absolute Gasteiger partial charge is 0.491 e. The fourth-order valence-corrected chi connectivity index (χ4v) is 5.40. The number of benzene rings is 2. The van der Waals surface area contributed by atoms with Gasteiger partial charge in [-0.2, -0.15) is 0 Å². The number of aromatic nitrogens is 2. The maximum atomic E-state index is 10.6. The smallest absolute Gasteiger partial charge is 0.167 e. The molecule has 0 amide bonds. The number of aliphatic hydroxyl groups excluding tert-OH is 1. The number of halogens is 1. The van der Waals surface area contributed by atoms with E-state index in [0.717, 1.165) is 64.2 Å². The molecule has 1 aliphatic rings. The minimum Gasteiger partial charge on any atom is -0.491 e. The quantitative estimate of drug-likeness (QED) is 0.361. The highest BCUT2D eigenvalue weighted by molar-refractivity contribution is 7.18. The number of ether oxygens (including phenoxy) is 1. The van der Waals surface area contributed by atoms with Gasteiger partial charge in [-0.05, 0) is 50.2 Å². The van der Waals surface area contributed by atoms with Crippen LogP contribution in [-0.2, 0) is 6.54 Å². The highest BCUT2D eigenvalue weighted by Crippen LogP contribution is 2.26. The van der Waals surface area contributed by atoms with Gasteiger partial charge in [0.2, 0.25) is 0 Å².